The summed E-state index contributed by atoms with van der Waals surface area (Å²) in [5, 5.41) is 8.00. The third-order valence-corrected chi connectivity index (χ3v) is 7.56. The Morgan fingerprint density at radius 1 is 1.00 bits per heavy atom. The standard InChI is InChI=1S/C30H27N5O5S/c36-26(32-23-10-11-23)21-8-6-20(7-9-21)24-18-41-29(33-24)34-27(37)25-17-39-28(22-12-14-31-15-13-22)35(25)30(38)40-16-19-4-2-1-3-5-19/h1-9,12-15,18,23,25,28H,10-11,16-17H2,(H,32,36)(H,33,34,37)/t25?,28-/m0/s1. The number of hydrogen-bond donors (Lipinski definition) is 2. The first kappa shape index (κ1) is 26.6. The lowest BCUT2D eigenvalue weighted by atomic mass is 10.1. The van der Waals surface area contributed by atoms with Gasteiger partial charge in [0.15, 0.2) is 11.4 Å². The lowest BCUT2D eigenvalue weighted by Crippen LogP contribution is -2.45. The fourth-order valence-electron chi connectivity index (χ4n) is 4.45. The third-order valence-electron chi connectivity index (χ3n) is 6.80. The minimum atomic E-state index is -0.937. The Hall–Kier alpha value is -4.61. The van der Waals surface area contributed by atoms with Crippen molar-refractivity contribution in [3.63, 3.8) is 0 Å². The van der Waals surface area contributed by atoms with Gasteiger partial charge in [-0.25, -0.2) is 9.78 Å². The van der Waals surface area contributed by atoms with Gasteiger partial charge in [0.2, 0.25) is 0 Å². The number of pyridine rings is 1. The number of hydrogen-bond acceptors (Lipinski definition) is 8. The quantitative estimate of drug-likeness (QED) is 0.313. The number of carbonyl (C=O) groups is 3. The van der Waals surface area contributed by atoms with Crippen LogP contribution in [0.4, 0.5) is 9.93 Å². The van der Waals surface area contributed by atoms with Crippen LogP contribution in [0.2, 0.25) is 0 Å². The average molecular weight is 570 g/mol. The number of nitrogens with zero attached hydrogens (tertiary/aromatic N) is 3. The second-order valence-corrected chi connectivity index (χ2v) is 10.6. The molecule has 3 heterocycles. The van der Waals surface area contributed by atoms with E-state index in [0.29, 0.717) is 28.0 Å². The molecule has 0 spiro atoms. The Labute approximate surface area is 240 Å². The van der Waals surface area contributed by atoms with Gasteiger partial charge in [-0.15, -0.1) is 11.3 Å². The Bertz CT molecular complexity index is 1530. The van der Waals surface area contributed by atoms with Gasteiger partial charge >= 0.3 is 6.09 Å². The number of rotatable bonds is 8. The van der Waals surface area contributed by atoms with Crippen LogP contribution in [0.1, 0.15) is 40.6 Å². The third kappa shape index (κ3) is 6.26. The SMILES string of the molecule is O=C(NC1CC1)c1ccc(-c2csc(NC(=O)C3CO[C@@H](c4ccncc4)N3C(=O)OCc3ccccc3)n2)cc1. The molecule has 1 aliphatic carbocycles. The molecule has 0 bridgehead atoms. The molecule has 2 fully saturated rings. The number of ether oxygens (including phenoxy) is 2. The van der Waals surface area contributed by atoms with Crippen LogP contribution in [0.25, 0.3) is 11.3 Å². The maximum atomic E-state index is 13.4. The van der Waals surface area contributed by atoms with Crippen molar-refractivity contribution in [1.82, 2.24) is 20.2 Å². The second kappa shape index (κ2) is 11.9. The molecule has 11 heteroatoms. The van der Waals surface area contributed by atoms with Gasteiger partial charge in [0, 0.05) is 40.5 Å². The first-order valence-corrected chi connectivity index (χ1v) is 14.1. The van der Waals surface area contributed by atoms with E-state index in [-0.39, 0.29) is 19.1 Å². The molecule has 0 radical (unpaired) electrons. The van der Waals surface area contributed by atoms with E-state index in [9.17, 15) is 14.4 Å². The van der Waals surface area contributed by atoms with Crippen molar-refractivity contribution < 1.29 is 23.9 Å². The van der Waals surface area contributed by atoms with Gasteiger partial charge in [0.25, 0.3) is 11.8 Å². The van der Waals surface area contributed by atoms with Crippen LogP contribution < -0.4 is 10.6 Å². The van der Waals surface area contributed by atoms with Crippen LogP contribution in [-0.2, 0) is 20.9 Å². The van der Waals surface area contributed by atoms with Crippen molar-refractivity contribution in [1.29, 1.82) is 0 Å². The maximum Gasteiger partial charge on any atom is 0.413 e. The molecule has 4 aromatic rings. The van der Waals surface area contributed by atoms with Gasteiger partial charge in [0.1, 0.15) is 12.6 Å². The Balaban J connectivity index is 1.14. The molecule has 2 aromatic carbocycles. The molecule has 6 rings (SSSR count). The molecule has 208 valence electrons. The molecule has 1 aliphatic heterocycles. The lowest BCUT2D eigenvalue weighted by molar-refractivity contribution is -0.120. The largest absolute Gasteiger partial charge is 0.444 e. The number of anilines is 1. The van der Waals surface area contributed by atoms with Crippen LogP contribution in [0.5, 0.6) is 0 Å². The van der Waals surface area contributed by atoms with Gasteiger partial charge in [-0.3, -0.25) is 19.5 Å². The van der Waals surface area contributed by atoms with E-state index in [0.717, 1.165) is 24.0 Å². The Morgan fingerprint density at radius 3 is 2.49 bits per heavy atom. The van der Waals surface area contributed by atoms with E-state index >= 15 is 0 Å². The van der Waals surface area contributed by atoms with Gasteiger partial charge < -0.3 is 20.1 Å². The van der Waals surface area contributed by atoms with Crippen molar-refractivity contribution in [2.75, 3.05) is 11.9 Å². The van der Waals surface area contributed by atoms with E-state index in [1.807, 2.05) is 47.8 Å². The van der Waals surface area contributed by atoms with E-state index in [1.165, 1.54) is 16.2 Å². The predicted octanol–water partition coefficient (Wildman–Crippen LogP) is 4.77. The zero-order chi connectivity index (χ0) is 28.2. The highest BCUT2D eigenvalue weighted by molar-refractivity contribution is 7.14. The fraction of sp³-hybridized carbons (Fsp3) is 0.233. The summed E-state index contributed by atoms with van der Waals surface area (Å²) in [5.41, 5.74) is 3.58. The van der Waals surface area contributed by atoms with E-state index in [2.05, 4.69) is 20.6 Å². The Kier molecular flexibility index (Phi) is 7.70. The smallest absolute Gasteiger partial charge is 0.413 e. The van der Waals surface area contributed by atoms with Gasteiger partial charge in [0.05, 0.1) is 12.3 Å². The molecular weight excluding hydrogens is 542 g/mol. The summed E-state index contributed by atoms with van der Waals surface area (Å²) < 4.78 is 11.5. The van der Waals surface area contributed by atoms with Crippen molar-refractivity contribution in [3.05, 3.63) is 101 Å². The monoisotopic (exact) mass is 569 g/mol. The maximum absolute atomic E-state index is 13.4. The summed E-state index contributed by atoms with van der Waals surface area (Å²) in [6.45, 7) is 0.0479. The number of aromatic nitrogens is 2. The predicted molar refractivity (Wildman–Crippen MR) is 152 cm³/mol. The first-order chi connectivity index (χ1) is 20.0. The van der Waals surface area contributed by atoms with Gasteiger partial charge in [-0.1, -0.05) is 42.5 Å². The van der Waals surface area contributed by atoms with Crippen molar-refractivity contribution in [2.45, 2.75) is 37.8 Å². The molecule has 2 aliphatic rings. The summed E-state index contributed by atoms with van der Waals surface area (Å²) >= 11 is 1.27. The number of benzene rings is 2. The van der Waals surface area contributed by atoms with E-state index < -0.39 is 24.3 Å². The second-order valence-electron chi connectivity index (χ2n) is 9.78. The highest BCUT2D eigenvalue weighted by Crippen LogP contribution is 2.33. The summed E-state index contributed by atoms with van der Waals surface area (Å²) in [6.07, 6.45) is 3.78. The normalized spacial score (nSPS) is 18.1. The van der Waals surface area contributed by atoms with E-state index in [4.69, 9.17) is 9.47 Å². The molecule has 1 saturated carbocycles. The molecule has 41 heavy (non-hydrogen) atoms. The average Bonchev–Trinajstić information content (AvgIpc) is 3.51. The Morgan fingerprint density at radius 2 is 1.76 bits per heavy atom. The number of thiazole rings is 1. The van der Waals surface area contributed by atoms with Crippen LogP contribution in [0, 0.1) is 0 Å². The molecule has 1 saturated heterocycles. The highest BCUT2D eigenvalue weighted by Gasteiger charge is 2.44. The zero-order valence-electron chi connectivity index (χ0n) is 21.9. The number of carbonyl (C=O) groups excluding carboxylic acids is 3. The topological polar surface area (TPSA) is 123 Å². The molecule has 1 unspecified atom stereocenters. The zero-order valence-corrected chi connectivity index (χ0v) is 22.8. The molecular formula is C30H27N5O5S. The summed E-state index contributed by atoms with van der Waals surface area (Å²) in [5.74, 6) is -0.521. The van der Waals surface area contributed by atoms with Gasteiger partial charge in [-0.05, 0) is 42.7 Å². The molecule has 3 amide bonds. The van der Waals surface area contributed by atoms with Crippen LogP contribution in [-0.4, -0.2) is 51.5 Å². The van der Waals surface area contributed by atoms with Crippen LogP contribution in [0.15, 0.2) is 84.5 Å². The molecule has 2 atom stereocenters. The number of nitrogens with one attached hydrogen (secondary N) is 2. The van der Waals surface area contributed by atoms with E-state index in [1.54, 1.807) is 36.7 Å². The summed E-state index contributed by atoms with van der Waals surface area (Å²) in [4.78, 5) is 48.9. The van der Waals surface area contributed by atoms with Crippen molar-refractivity contribution >= 4 is 34.4 Å². The minimum Gasteiger partial charge on any atom is -0.444 e. The number of amides is 3. The minimum absolute atomic E-state index is 0.0120. The van der Waals surface area contributed by atoms with Crippen LogP contribution in [0.3, 0.4) is 0 Å². The van der Waals surface area contributed by atoms with Gasteiger partial charge in [-0.2, -0.15) is 0 Å². The fourth-order valence-corrected chi connectivity index (χ4v) is 5.17. The van der Waals surface area contributed by atoms with Crippen molar-refractivity contribution in [2.24, 2.45) is 0 Å². The first-order valence-electron chi connectivity index (χ1n) is 13.2. The van der Waals surface area contributed by atoms with Crippen molar-refractivity contribution in [3.8, 4) is 11.3 Å². The summed E-state index contributed by atoms with van der Waals surface area (Å²) in [7, 11) is 0. The van der Waals surface area contributed by atoms with Crippen LogP contribution >= 0.6 is 11.3 Å². The highest BCUT2D eigenvalue weighted by atomic mass is 32.1. The molecule has 10 nitrogen and oxygen atoms in total. The summed E-state index contributed by atoms with van der Waals surface area (Å²) in [6, 6.07) is 19.3. The lowest BCUT2D eigenvalue weighted by Gasteiger charge is -2.26. The molecule has 2 aromatic heterocycles. The molecule has 2 N–H and O–H groups in total.